The Kier molecular flexibility index (Phi) is 6.22. The van der Waals surface area contributed by atoms with Crippen molar-refractivity contribution in [3.63, 3.8) is 0 Å². The van der Waals surface area contributed by atoms with Gasteiger partial charge >= 0.3 is 0 Å². The molecule has 0 radical (unpaired) electrons. The molecule has 0 spiro atoms. The molecule has 2 aromatic carbocycles. The molecule has 2 aromatic rings. The molecular formula is C21H22F2N4O. The Labute approximate surface area is 163 Å². The van der Waals surface area contributed by atoms with Crippen LogP contribution in [0.2, 0.25) is 0 Å². The monoisotopic (exact) mass is 384 g/mol. The van der Waals surface area contributed by atoms with Crippen molar-refractivity contribution in [3.8, 4) is 6.07 Å². The molecule has 28 heavy (non-hydrogen) atoms. The van der Waals surface area contributed by atoms with Crippen LogP contribution in [0.25, 0.3) is 0 Å². The molecule has 1 saturated heterocycles. The number of para-hydroxylation sites is 1. The Morgan fingerprint density at radius 2 is 1.89 bits per heavy atom. The molecule has 5 nitrogen and oxygen atoms in total. The second-order valence-electron chi connectivity index (χ2n) is 6.80. The largest absolute Gasteiger partial charge is 0.369 e. The molecule has 0 aliphatic carbocycles. The van der Waals surface area contributed by atoms with E-state index in [1.807, 2.05) is 18.2 Å². The van der Waals surface area contributed by atoms with Crippen LogP contribution in [0.15, 0.2) is 42.5 Å². The van der Waals surface area contributed by atoms with Gasteiger partial charge in [-0.3, -0.25) is 9.69 Å². The number of benzene rings is 2. The van der Waals surface area contributed by atoms with E-state index in [1.54, 1.807) is 13.0 Å². The lowest BCUT2D eigenvalue weighted by molar-refractivity contribution is -0.120. The first kappa shape index (κ1) is 19.8. The number of carbonyl (C=O) groups is 1. The lowest BCUT2D eigenvalue weighted by Crippen LogP contribution is -2.44. The van der Waals surface area contributed by atoms with Gasteiger partial charge in [0.2, 0.25) is 5.91 Å². The highest BCUT2D eigenvalue weighted by molar-refractivity contribution is 5.94. The molecule has 1 fully saturated rings. The van der Waals surface area contributed by atoms with Gasteiger partial charge in [0.25, 0.3) is 0 Å². The summed E-state index contributed by atoms with van der Waals surface area (Å²) < 4.78 is 26.4. The van der Waals surface area contributed by atoms with Gasteiger partial charge in [-0.05, 0) is 37.6 Å². The van der Waals surface area contributed by atoms with Crippen molar-refractivity contribution < 1.29 is 13.6 Å². The topological polar surface area (TPSA) is 59.4 Å². The van der Waals surface area contributed by atoms with Crippen molar-refractivity contribution in [2.24, 2.45) is 0 Å². The van der Waals surface area contributed by atoms with Crippen molar-refractivity contribution in [1.82, 2.24) is 4.90 Å². The van der Waals surface area contributed by atoms with Gasteiger partial charge in [0.15, 0.2) is 11.6 Å². The van der Waals surface area contributed by atoms with Gasteiger partial charge in [0, 0.05) is 37.9 Å². The van der Waals surface area contributed by atoms with Crippen LogP contribution in [0.4, 0.5) is 20.2 Å². The molecule has 0 saturated carbocycles. The standard InChI is InChI=1S/C21H22F2N4O/c1-15(21(28)25-17-7-8-18(22)19(23)13-17)26-9-4-10-27(12-11-26)20-6-3-2-5-16(20)14-24/h2-3,5-8,13,15H,4,9-12H2,1H3,(H,25,28)/t15-/m1/s1. The summed E-state index contributed by atoms with van der Waals surface area (Å²) in [6, 6.07) is 12.6. The highest BCUT2D eigenvalue weighted by Crippen LogP contribution is 2.22. The van der Waals surface area contributed by atoms with Crippen molar-refractivity contribution in [2.45, 2.75) is 19.4 Å². The van der Waals surface area contributed by atoms with E-state index in [2.05, 4.69) is 21.2 Å². The number of hydrogen-bond acceptors (Lipinski definition) is 4. The lowest BCUT2D eigenvalue weighted by atomic mass is 10.1. The number of nitrogens with zero attached hydrogens (tertiary/aromatic N) is 3. The van der Waals surface area contributed by atoms with E-state index in [0.717, 1.165) is 37.3 Å². The van der Waals surface area contributed by atoms with E-state index < -0.39 is 17.7 Å². The summed E-state index contributed by atoms with van der Waals surface area (Å²) in [6.45, 7) is 4.69. The molecule has 1 heterocycles. The predicted octanol–water partition coefficient (Wildman–Crippen LogP) is 3.38. The highest BCUT2D eigenvalue weighted by Gasteiger charge is 2.25. The van der Waals surface area contributed by atoms with Crippen molar-refractivity contribution in [3.05, 3.63) is 59.7 Å². The fraction of sp³-hybridized carbons (Fsp3) is 0.333. The maximum atomic E-state index is 13.3. The number of nitrogens with one attached hydrogen (secondary N) is 1. The molecule has 0 unspecified atom stereocenters. The Hall–Kier alpha value is -2.98. The Balaban J connectivity index is 1.63. The maximum Gasteiger partial charge on any atom is 0.241 e. The molecular weight excluding hydrogens is 362 g/mol. The van der Waals surface area contributed by atoms with Crippen molar-refractivity contribution >= 4 is 17.3 Å². The number of hydrogen-bond donors (Lipinski definition) is 1. The summed E-state index contributed by atoms with van der Waals surface area (Å²) in [7, 11) is 0. The Morgan fingerprint density at radius 1 is 1.11 bits per heavy atom. The first-order chi connectivity index (χ1) is 13.5. The molecule has 0 bridgehead atoms. The van der Waals surface area contributed by atoms with Gasteiger partial charge in [-0.15, -0.1) is 0 Å². The fourth-order valence-electron chi connectivity index (χ4n) is 3.40. The third kappa shape index (κ3) is 4.46. The summed E-state index contributed by atoms with van der Waals surface area (Å²) in [4.78, 5) is 16.8. The summed E-state index contributed by atoms with van der Waals surface area (Å²) in [6.07, 6.45) is 0.850. The summed E-state index contributed by atoms with van der Waals surface area (Å²) in [5.41, 5.74) is 1.78. The number of carbonyl (C=O) groups excluding carboxylic acids is 1. The quantitative estimate of drug-likeness (QED) is 0.878. The number of nitriles is 1. The van der Waals surface area contributed by atoms with Crippen LogP contribution in [0.3, 0.4) is 0 Å². The van der Waals surface area contributed by atoms with E-state index in [0.29, 0.717) is 18.7 Å². The number of halogens is 2. The molecule has 7 heteroatoms. The molecule has 1 amide bonds. The highest BCUT2D eigenvalue weighted by atomic mass is 19.2. The average molecular weight is 384 g/mol. The van der Waals surface area contributed by atoms with Gasteiger partial charge < -0.3 is 10.2 Å². The minimum atomic E-state index is -0.993. The van der Waals surface area contributed by atoms with Crippen LogP contribution < -0.4 is 10.2 Å². The van der Waals surface area contributed by atoms with Crippen LogP contribution in [0, 0.1) is 23.0 Å². The zero-order valence-electron chi connectivity index (χ0n) is 15.7. The third-order valence-corrected chi connectivity index (χ3v) is 5.01. The second kappa shape index (κ2) is 8.81. The number of rotatable bonds is 4. The second-order valence-corrected chi connectivity index (χ2v) is 6.80. The molecule has 146 valence electrons. The van der Waals surface area contributed by atoms with E-state index in [4.69, 9.17) is 0 Å². The summed E-state index contributed by atoms with van der Waals surface area (Å²) >= 11 is 0. The first-order valence-corrected chi connectivity index (χ1v) is 9.23. The van der Waals surface area contributed by atoms with Crippen LogP contribution >= 0.6 is 0 Å². The van der Waals surface area contributed by atoms with Crippen LogP contribution in [-0.2, 0) is 4.79 Å². The van der Waals surface area contributed by atoms with E-state index in [9.17, 15) is 18.8 Å². The van der Waals surface area contributed by atoms with Crippen molar-refractivity contribution in [1.29, 1.82) is 5.26 Å². The third-order valence-electron chi connectivity index (χ3n) is 5.01. The predicted molar refractivity (Wildman–Crippen MR) is 104 cm³/mol. The zero-order valence-corrected chi connectivity index (χ0v) is 15.7. The Morgan fingerprint density at radius 3 is 2.64 bits per heavy atom. The van der Waals surface area contributed by atoms with E-state index >= 15 is 0 Å². The molecule has 3 rings (SSSR count). The van der Waals surface area contributed by atoms with Crippen LogP contribution in [-0.4, -0.2) is 43.0 Å². The minimum Gasteiger partial charge on any atom is -0.369 e. The molecule has 1 N–H and O–H groups in total. The van der Waals surface area contributed by atoms with E-state index in [1.165, 1.54) is 6.07 Å². The molecule has 1 aliphatic rings. The Bertz CT molecular complexity index is 896. The maximum absolute atomic E-state index is 13.3. The zero-order chi connectivity index (χ0) is 20.1. The van der Waals surface area contributed by atoms with E-state index in [-0.39, 0.29) is 11.6 Å². The summed E-state index contributed by atoms with van der Waals surface area (Å²) in [5.74, 6) is -2.21. The van der Waals surface area contributed by atoms with Crippen LogP contribution in [0.1, 0.15) is 18.9 Å². The average Bonchev–Trinajstić information content (AvgIpc) is 2.96. The minimum absolute atomic E-state index is 0.232. The first-order valence-electron chi connectivity index (χ1n) is 9.23. The fourth-order valence-corrected chi connectivity index (χ4v) is 3.40. The lowest BCUT2D eigenvalue weighted by Gasteiger charge is -2.27. The molecule has 0 aromatic heterocycles. The molecule has 1 atom stereocenters. The van der Waals surface area contributed by atoms with Gasteiger partial charge in [0.05, 0.1) is 17.3 Å². The van der Waals surface area contributed by atoms with Gasteiger partial charge in [0.1, 0.15) is 6.07 Å². The normalized spacial score (nSPS) is 16.1. The number of amides is 1. The van der Waals surface area contributed by atoms with Crippen molar-refractivity contribution in [2.75, 3.05) is 36.4 Å². The van der Waals surface area contributed by atoms with Gasteiger partial charge in [-0.1, -0.05) is 12.1 Å². The summed E-state index contributed by atoms with van der Waals surface area (Å²) in [5, 5.41) is 12.0. The smallest absolute Gasteiger partial charge is 0.241 e. The molecule has 1 aliphatic heterocycles. The van der Waals surface area contributed by atoms with Gasteiger partial charge in [-0.25, -0.2) is 8.78 Å². The van der Waals surface area contributed by atoms with Gasteiger partial charge in [-0.2, -0.15) is 5.26 Å². The SMILES string of the molecule is C[C@H](C(=O)Nc1ccc(F)c(F)c1)N1CCCN(c2ccccc2C#N)CC1. The van der Waals surface area contributed by atoms with Crippen LogP contribution in [0.5, 0.6) is 0 Å². The number of anilines is 2.